The lowest BCUT2D eigenvalue weighted by Crippen LogP contribution is -2.39. The molecule has 1 fully saturated rings. The average molecular weight is 278 g/mol. The van der Waals surface area contributed by atoms with Crippen molar-refractivity contribution in [2.45, 2.75) is 44.5 Å². The van der Waals surface area contributed by atoms with Gasteiger partial charge in [-0.2, -0.15) is 0 Å². The van der Waals surface area contributed by atoms with Crippen LogP contribution in [-0.2, 0) is 5.88 Å². The molecule has 0 spiro atoms. The fourth-order valence-corrected chi connectivity index (χ4v) is 3.34. The lowest BCUT2D eigenvalue weighted by atomic mass is 10.00. The van der Waals surface area contributed by atoms with Crippen molar-refractivity contribution in [1.29, 1.82) is 0 Å². The summed E-state index contributed by atoms with van der Waals surface area (Å²) in [7, 11) is 0. The molecule has 1 aliphatic heterocycles. The molecular weight excluding hydrogens is 258 g/mol. The number of hydrogen-bond acceptors (Lipinski definition) is 2. The molecule has 0 aromatic carbocycles. The van der Waals surface area contributed by atoms with Gasteiger partial charge in [0, 0.05) is 18.8 Å². The molecule has 1 aliphatic rings. The minimum atomic E-state index is 0.507. The van der Waals surface area contributed by atoms with Gasteiger partial charge in [0.2, 0.25) is 0 Å². The fraction of sp³-hybridized carbons (Fsp3) is 0.533. The smallest absolute Gasteiger partial charge is 0.152 e. The molecule has 19 heavy (non-hydrogen) atoms. The van der Waals surface area contributed by atoms with Gasteiger partial charge in [0.15, 0.2) is 5.82 Å². The molecule has 0 aliphatic carbocycles. The molecule has 3 heterocycles. The zero-order chi connectivity index (χ0) is 13.2. The molecule has 0 saturated carbocycles. The van der Waals surface area contributed by atoms with Crippen LogP contribution in [-0.4, -0.2) is 22.0 Å². The van der Waals surface area contributed by atoms with Crippen LogP contribution in [0.4, 0.5) is 5.82 Å². The Hall–Kier alpha value is -1.22. The highest BCUT2D eigenvalue weighted by Gasteiger charge is 2.25. The van der Waals surface area contributed by atoms with Gasteiger partial charge in [-0.05, 0) is 37.8 Å². The van der Waals surface area contributed by atoms with E-state index in [1.165, 1.54) is 25.7 Å². The van der Waals surface area contributed by atoms with E-state index in [-0.39, 0.29) is 0 Å². The van der Waals surface area contributed by atoms with Crippen LogP contribution < -0.4 is 4.90 Å². The van der Waals surface area contributed by atoms with Gasteiger partial charge in [-0.3, -0.25) is 0 Å². The highest BCUT2D eigenvalue weighted by Crippen LogP contribution is 2.30. The van der Waals surface area contributed by atoms with Crippen molar-refractivity contribution in [1.82, 2.24) is 9.38 Å². The summed E-state index contributed by atoms with van der Waals surface area (Å²) in [6.45, 7) is 3.37. The fourth-order valence-electron chi connectivity index (χ4n) is 3.09. The summed E-state index contributed by atoms with van der Waals surface area (Å²) in [6.07, 6.45) is 7.08. The molecule has 1 saturated heterocycles. The second-order valence-corrected chi connectivity index (χ2v) is 5.46. The van der Waals surface area contributed by atoms with Crippen molar-refractivity contribution in [2.24, 2.45) is 0 Å². The Bertz CT molecular complexity index is 564. The van der Waals surface area contributed by atoms with Crippen molar-refractivity contribution in [2.75, 3.05) is 11.4 Å². The van der Waals surface area contributed by atoms with Crippen LogP contribution in [0.5, 0.6) is 0 Å². The lowest BCUT2D eigenvalue weighted by Gasteiger charge is -2.36. The molecular formula is C15H20ClN3. The number of pyridine rings is 1. The van der Waals surface area contributed by atoms with Crippen molar-refractivity contribution < 1.29 is 0 Å². The largest absolute Gasteiger partial charge is 0.352 e. The Balaban J connectivity index is 2.07. The monoisotopic (exact) mass is 277 g/mol. The Morgan fingerprint density at radius 3 is 3.05 bits per heavy atom. The van der Waals surface area contributed by atoms with Gasteiger partial charge < -0.3 is 9.30 Å². The number of halogens is 1. The van der Waals surface area contributed by atoms with Crippen molar-refractivity contribution in [3.63, 3.8) is 0 Å². The van der Waals surface area contributed by atoms with Gasteiger partial charge >= 0.3 is 0 Å². The molecule has 3 nitrogen and oxygen atoms in total. The molecule has 2 aromatic heterocycles. The minimum absolute atomic E-state index is 0.507. The number of aromatic nitrogens is 2. The first kappa shape index (κ1) is 12.8. The molecule has 0 radical (unpaired) electrons. The van der Waals surface area contributed by atoms with Crippen LogP contribution in [0.3, 0.4) is 0 Å². The predicted octanol–water partition coefficient (Wildman–Crippen LogP) is 3.84. The summed E-state index contributed by atoms with van der Waals surface area (Å²) in [5, 5.41) is 0. The highest BCUT2D eigenvalue weighted by atomic mass is 35.5. The second-order valence-electron chi connectivity index (χ2n) is 5.20. The van der Waals surface area contributed by atoms with Gasteiger partial charge in [-0.15, -0.1) is 11.6 Å². The molecule has 0 bridgehead atoms. The number of alkyl halides is 1. The Morgan fingerprint density at radius 1 is 1.37 bits per heavy atom. The van der Waals surface area contributed by atoms with Crippen molar-refractivity contribution in [3.05, 3.63) is 30.1 Å². The maximum Gasteiger partial charge on any atom is 0.152 e. The summed E-state index contributed by atoms with van der Waals surface area (Å²) in [4.78, 5) is 7.28. The van der Waals surface area contributed by atoms with Crippen LogP contribution in [0.1, 0.15) is 38.3 Å². The number of nitrogens with zero attached hydrogens (tertiary/aromatic N) is 3. The maximum absolute atomic E-state index is 6.18. The number of rotatable bonds is 3. The second kappa shape index (κ2) is 5.41. The number of fused-ring (bicyclic) bond motifs is 1. The molecule has 1 atom stereocenters. The number of piperidine rings is 1. The predicted molar refractivity (Wildman–Crippen MR) is 80.0 cm³/mol. The molecule has 3 rings (SSSR count). The lowest BCUT2D eigenvalue weighted by molar-refractivity contribution is 0.446. The first-order valence-corrected chi connectivity index (χ1v) is 7.67. The SMILES string of the molecule is CCC1CCCCN1c1nc2ccccn2c1CCl. The number of hydrogen-bond donors (Lipinski definition) is 0. The van der Waals surface area contributed by atoms with Crippen LogP contribution in [0.25, 0.3) is 5.65 Å². The van der Waals surface area contributed by atoms with E-state index in [0.717, 1.165) is 23.7 Å². The average Bonchev–Trinajstić information content (AvgIpc) is 2.85. The summed E-state index contributed by atoms with van der Waals surface area (Å²) < 4.78 is 2.11. The molecule has 0 amide bonds. The molecule has 102 valence electrons. The summed E-state index contributed by atoms with van der Waals surface area (Å²) in [5.74, 6) is 1.60. The number of anilines is 1. The van der Waals surface area contributed by atoms with Gasteiger partial charge in [0.25, 0.3) is 0 Å². The Labute approximate surface area is 119 Å². The van der Waals surface area contributed by atoms with Crippen molar-refractivity contribution in [3.8, 4) is 0 Å². The number of imidazole rings is 1. The molecule has 1 unspecified atom stereocenters. The third kappa shape index (κ3) is 2.20. The normalized spacial score (nSPS) is 20.1. The van der Waals surface area contributed by atoms with E-state index in [4.69, 9.17) is 16.6 Å². The van der Waals surface area contributed by atoms with E-state index in [0.29, 0.717) is 11.9 Å². The topological polar surface area (TPSA) is 20.5 Å². The molecule has 0 N–H and O–H groups in total. The molecule has 4 heteroatoms. The van der Waals surface area contributed by atoms with Crippen LogP contribution >= 0.6 is 11.6 Å². The quantitative estimate of drug-likeness (QED) is 0.795. The zero-order valence-corrected chi connectivity index (χ0v) is 12.1. The first-order chi connectivity index (χ1) is 9.35. The first-order valence-electron chi connectivity index (χ1n) is 7.13. The summed E-state index contributed by atoms with van der Waals surface area (Å²) >= 11 is 6.18. The van der Waals surface area contributed by atoms with E-state index in [2.05, 4.69) is 22.4 Å². The highest BCUT2D eigenvalue weighted by molar-refractivity contribution is 6.17. The summed E-state index contributed by atoms with van der Waals surface area (Å²) in [6, 6.07) is 6.71. The summed E-state index contributed by atoms with van der Waals surface area (Å²) in [5.41, 5.74) is 2.12. The van der Waals surface area contributed by atoms with Gasteiger partial charge in [0.05, 0.1) is 11.6 Å². The van der Waals surface area contributed by atoms with Gasteiger partial charge in [-0.1, -0.05) is 13.0 Å². The molecule has 2 aromatic rings. The van der Waals surface area contributed by atoms with Gasteiger partial charge in [0.1, 0.15) is 5.65 Å². The zero-order valence-electron chi connectivity index (χ0n) is 11.3. The third-order valence-electron chi connectivity index (χ3n) is 4.10. The standard InChI is InChI=1S/C15H20ClN3/c1-2-12-7-3-5-9-18(12)15-13(11-16)19-10-6-4-8-14(19)17-15/h4,6,8,10,12H,2-3,5,7,9,11H2,1H3. The van der Waals surface area contributed by atoms with E-state index in [1.807, 2.05) is 18.2 Å². The van der Waals surface area contributed by atoms with Crippen LogP contribution in [0, 0.1) is 0 Å². The minimum Gasteiger partial charge on any atom is -0.352 e. The van der Waals surface area contributed by atoms with Crippen LogP contribution in [0.15, 0.2) is 24.4 Å². The van der Waals surface area contributed by atoms with E-state index < -0.39 is 0 Å². The van der Waals surface area contributed by atoms with E-state index in [1.54, 1.807) is 0 Å². The maximum atomic E-state index is 6.18. The third-order valence-corrected chi connectivity index (χ3v) is 4.36. The van der Waals surface area contributed by atoms with E-state index >= 15 is 0 Å². The Kier molecular flexibility index (Phi) is 3.65. The van der Waals surface area contributed by atoms with Crippen molar-refractivity contribution >= 4 is 23.1 Å². The Morgan fingerprint density at radius 2 is 2.26 bits per heavy atom. The van der Waals surface area contributed by atoms with Crippen LogP contribution in [0.2, 0.25) is 0 Å². The van der Waals surface area contributed by atoms with Gasteiger partial charge in [-0.25, -0.2) is 4.98 Å². The van der Waals surface area contributed by atoms with E-state index in [9.17, 15) is 0 Å².